The van der Waals surface area contributed by atoms with Crippen LogP contribution in [-0.4, -0.2) is 11.9 Å². The van der Waals surface area contributed by atoms with Gasteiger partial charge >= 0.3 is 0 Å². The van der Waals surface area contributed by atoms with Crippen LogP contribution in [0.25, 0.3) is 0 Å². The molecular weight excluding hydrogens is 236 g/mol. The minimum absolute atomic E-state index is 0.0259. The van der Waals surface area contributed by atoms with Crippen LogP contribution in [0.15, 0.2) is 24.3 Å². The molecule has 104 valence electrons. The van der Waals surface area contributed by atoms with E-state index in [-0.39, 0.29) is 5.91 Å². The Hall–Kier alpha value is -1.35. The average molecular weight is 260 g/mol. The van der Waals surface area contributed by atoms with Gasteiger partial charge in [-0.1, -0.05) is 32.4 Å². The van der Waals surface area contributed by atoms with Crippen molar-refractivity contribution in [3.05, 3.63) is 35.4 Å². The molecule has 19 heavy (non-hydrogen) atoms. The molecule has 3 nitrogen and oxygen atoms in total. The van der Waals surface area contributed by atoms with E-state index in [2.05, 4.69) is 19.2 Å². The van der Waals surface area contributed by atoms with Crippen molar-refractivity contribution in [2.45, 2.75) is 52.1 Å². The number of amides is 1. The lowest BCUT2D eigenvalue weighted by Gasteiger charge is -2.35. The first kappa shape index (κ1) is 14.1. The molecule has 3 heteroatoms. The summed E-state index contributed by atoms with van der Waals surface area (Å²) in [5.41, 5.74) is 7.66. The van der Waals surface area contributed by atoms with Gasteiger partial charge in [0.05, 0.1) is 0 Å². The van der Waals surface area contributed by atoms with E-state index in [0.717, 1.165) is 18.4 Å². The molecule has 2 rings (SSSR count). The first-order valence-electron chi connectivity index (χ1n) is 7.10. The van der Waals surface area contributed by atoms with Gasteiger partial charge in [-0.3, -0.25) is 4.79 Å². The zero-order valence-electron chi connectivity index (χ0n) is 11.9. The summed E-state index contributed by atoms with van der Waals surface area (Å²) in [5, 5.41) is 3.16. The van der Waals surface area contributed by atoms with Gasteiger partial charge in [0.1, 0.15) is 0 Å². The molecule has 0 aromatic heterocycles. The highest BCUT2D eigenvalue weighted by molar-refractivity contribution is 5.94. The molecule has 1 aromatic carbocycles. The molecule has 3 N–H and O–H groups in total. The summed E-state index contributed by atoms with van der Waals surface area (Å²) in [7, 11) is 0. The minimum Gasteiger partial charge on any atom is -0.349 e. The van der Waals surface area contributed by atoms with Crippen LogP contribution in [-0.2, 0) is 6.54 Å². The predicted molar refractivity (Wildman–Crippen MR) is 77.8 cm³/mol. The van der Waals surface area contributed by atoms with Crippen LogP contribution in [0.5, 0.6) is 0 Å². The average Bonchev–Trinajstić information content (AvgIpc) is 2.37. The molecule has 1 amide bonds. The van der Waals surface area contributed by atoms with Crippen molar-refractivity contribution in [3.63, 3.8) is 0 Å². The molecule has 0 saturated heterocycles. The second-order valence-corrected chi connectivity index (χ2v) is 6.34. The van der Waals surface area contributed by atoms with Crippen molar-refractivity contribution in [2.24, 2.45) is 11.1 Å². The summed E-state index contributed by atoms with van der Waals surface area (Å²) >= 11 is 0. The number of carbonyl (C=O) groups excluding carboxylic acids is 1. The highest BCUT2D eigenvalue weighted by Gasteiger charge is 2.28. The van der Waals surface area contributed by atoms with Crippen molar-refractivity contribution in [1.82, 2.24) is 5.32 Å². The van der Waals surface area contributed by atoms with Gasteiger partial charge in [-0.2, -0.15) is 0 Å². The summed E-state index contributed by atoms with van der Waals surface area (Å²) in [6.07, 6.45) is 4.60. The molecule has 0 aliphatic heterocycles. The van der Waals surface area contributed by atoms with Gasteiger partial charge in [-0.05, 0) is 42.4 Å². The van der Waals surface area contributed by atoms with Crippen LogP contribution in [0.4, 0.5) is 0 Å². The highest BCUT2D eigenvalue weighted by atomic mass is 16.1. The van der Waals surface area contributed by atoms with Crippen LogP contribution < -0.4 is 11.1 Å². The lowest BCUT2D eigenvalue weighted by Crippen LogP contribution is -2.40. The fraction of sp³-hybridized carbons (Fsp3) is 0.562. The number of nitrogens with two attached hydrogens (primary N) is 1. The van der Waals surface area contributed by atoms with Crippen LogP contribution in [0.2, 0.25) is 0 Å². The maximum absolute atomic E-state index is 12.2. The number of nitrogens with one attached hydrogen (secondary N) is 1. The molecule has 1 fully saturated rings. The van der Waals surface area contributed by atoms with E-state index in [9.17, 15) is 4.79 Å². The Morgan fingerprint density at radius 1 is 1.47 bits per heavy atom. The monoisotopic (exact) mass is 260 g/mol. The van der Waals surface area contributed by atoms with Gasteiger partial charge in [-0.15, -0.1) is 0 Å². The van der Waals surface area contributed by atoms with E-state index in [1.807, 2.05) is 24.3 Å². The summed E-state index contributed by atoms with van der Waals surface area (Å²) < 4.78 is 0. The third kappa shape index (κ3) is 3.80. The number of hydrogen-bond acceptors (Lipinski definition) is 2. The van der Waals surface area contributed by atoms with E-state index in [4.69, 9.17) is 5.73 Å². The number of carbonyl (C=O) groups is 1. The summed E-state index contributed by atoms with van der Waals surface area (Å²) in [6.45, 7) is 5.03. The zero-order chi connectivity index (χ0) is 13.9. The smallest absolute Gasteiger partial charge is 0.251 e. The van der Waals surface area contributed by atoms with E-state index in [0.29, 0.717) is 23.6 Å². The fourth-order valence-corrected chi connectivity index (χ4v) is 2.93. The Morgan fingerprint density at radius 3 is 2.95 bits per heavy atom. The molecule has 0 spiro atoms. The van der Waals surface area contributed by atoms with Crippen molar-refractivity contribution in [2.75, 3.05) is 0 Å². The Kier molecular flexibility index (Phi) is 4.25. The second kappa shape index (κ2) is 5.74. The highest BCUT2D eigenvalue weighted by Crippen LogP contribution is 2.35. The van der Waals surface area contributed by atoms with Gasteiger partial charge in [0, 0.05) is 18.2 Å². The molecular formula is C16H24N2O. The number of benzene rings is 1. The molecule has 1 aliphatic carbocycles. The molecule has 1 unspecified atom stereocenters. The summed E-state index contributed by atoms with van der Waals surface area (Å²) in [5.74, 6) is 0.0259. The lowest BCUT2D eigenvalue weighted by atomic mass is 9.75. The molecule has 1 atom stereocenters. The van der Waals surface area contributed by atoms with Gasteiger partial charge in [0.2, 0.25) is 0 Å². The Labute approximate surface area is 115 Å². The van der Waals surface area contributed by atoms with Crippen molar-refractivity contribution in [1.29, 1.82) is 0 Å². The lowest BCUT2D eigenvalue weighted by molar-refractivity contribution is 0.0902. The Balaban J connectivity index is 2.00. The molecule has 0 heterocycles. The van der Waals surface area contributed by atoms with Crippen LogP contribution in [0.3, 0.4) is 0 Å². The topological polar surface area (TPSA) is 55.1 Å². The number of hydrogen-bond donors (Lipinski definition) is 2. The van der Waals surface area contributed by atoms with E-state index in [1.54, 1.807) is 0 Å². The Morgan fingerprint density at radius 2 is 2.26 bits per heavy atom. The molecule has 1 aromatic rings. The predicted octanol–water partition coefficient (Wildman–Crippen LogP) is 2.84. The molecule has 1 aliphatic rings. The summed E-state index contributed by atoms with van der Waals surface area (Å²) in [4.78, 5) is 12.2. The quantitative estimate of drug-likeness (QED) is 0.878. The van der Waals surface area contributed by atoms with Crippen molar-refractivity contribution < 1.29 is 4.79 Å². The van der Waals surface area contributed by atoms with Crippen LogP contribution in [0, 0.1) is 5.41 Å². The summed E-state index contributed by atoms with van der Waals surface area (Å²) in [6, 6.07) is 7.87. The largest absolute Gasteiger partial charge is 0.349 e. The third-order valence-corrected chi connectivity index (χ3v) is 3.97. The van der Waals surface area contributed by atoms with Gasteiger partial charge in [0.15, 0.2) is 0 Å². The Bertz CT molecular complexity index is 454. The zero-order valence-corrected chi connectivity index (χ0v) is 11.9. The van der Waals surface area contributed by atoms with Gasteiger partial charge in [0.25, 0.3) is 5.91 Å². The SMILES string of the molecule is CC1(C)CCCC(NC(=O)c2cccc(CN)c2)C1. The molecule has 1 saturated carbocycles. The number of rotatable bonds is 3. The maximum atomic E-state index is 12.2. The molecule has 0 radical (unpaired) electrons. The normalized spacial score (nSPS) is 21.9. The maximum Gasteiger partial charge on any atom is 0.251 e. The fourth-order valence-electron chi connectivity index (χ4n) is 2.93. The van der Waals surface area contributed by atoms with Gasteiger partial charge < -0.3 is 11.1 Å². The van der Waals surface area contributed by atoms with Crippen molar-refractivity contribution in [3.8, 4) is 0 Å². The minimum atomic E-state index is 0.0259. The van der Waals surface area contributed by atoms with Gasteiger partial charge in [-0.25, -0.2) is 0 Å². The van der Waals surface area contributed by atoms with Crippen LogP contribution in [0.1, 0.15) is 55.5 Å². The molecule has 0 bridgehead atoms. The first-order chi connectivity index (χ1) is 9.00. The van der Waals surface area contributed by atoms with Crippen LogP contribution >= 0.6 is 0 Å². The third-order valence-electron chi connectivity index (χ3n) is 3.97. The first-order valence-corrected chi connectivity index (χ1v) is 7.10. The standard InChI is InChI=1S/C16H24N2O/c1-16(2)8-4-7-14(10-16)18-15(19)13-6-3-5-12(9-13)11-17/h3,5-6,9,14H,4,7-8,10-11,17H2,1-2H3,(H,18,19). The van der Waals surface area contributed by atoms with E-state index < -0.39 is 0 Å². The van der Waals surface area contributed by atoms with E-state index in [1.165, 1.54) is 12.8 Å². The van der Waals surface area contributed by atoms with Crippen molar-refractivity contribution >= 4 is 5.91 Å². The van der Waals surface area contributed by atoms with E-state index >= 15 is 0 Å². The second-order valence-electron chi connectivity index (χ2n) is 6.34.